The highest BCUT2D eigenvalue weighted by Crippen LogP contribution is 2.35. The Labute approximate surface area is 83.3 Å². The smallest absolute Gasteiger partial charge is 0.164 e. The van der Waals surface area contributed by atoms with Crippen LogP contribution in [0.15, 0.2) is 18.2 Å². The Bertz CT molecular complexity index is 344. The molecule has 76 valence electrons. The van der Waals surface area contributed by atoms with Gasteiger partial charge in [0.05, 0.1) is 13.2 Å². The summed E-state index contributed by atoms with van der Waals surface area (Å²) in [6, 6.07) is 4.91. The molecule has 1 aromatic carbocycles. The molecule has 0 bridgehead atoms. The lowest BCUT2D eigenvalue weighted by Crippen LogP contribution is -2.26. The van der Waals surface area contributed by atoms with Gasteiger partial charge in [0.2, 0.25) is 0 Å². The van der Waals surface area contributed by atoms with Crippen molar-refractivity contribution in [1.82, 2.24) is 0 Å². The predicted octanol–water partition coefficient (Wildman–Crippen LogP) is 2.19. The van der Waals surface area contributed by atoms with E-state index in [2.05, 4.69) is 13.8 Å². The first-order chi connectivity index (χ1) is 6.57. The summed E-state index contributed by atoms with van der Waals surface area (Å²) in [5.41, 5.74) is 0.00857. The molecule has 0 amide bonds. The third-order valence-corrected chi connectivity index (χ3v) is 2.16. The summed E-state index contributed by atoms with van der Waals surface area (Å²) < 4.78 is 11.1. The van der Waals surface area contributed by atoms with E-state index < -0.39 is 0 Å². The fourth-order valence-electron chi connectivity index (χ4n) is 1.32. The SMILES string of the molecule is CC1(C)COc2ccc(O)cc2OC1. The van der Waals surface area contributed by atoms with Crippen molar-refractivity contribution in [2.24, 2.45) is 5.41 Å². The minimum absolute atomic E-state index is 0.00857. The van der Waals surface area contributed by atoms with E-state index in [1.54, 1.807) is 18.2 Å². The van der Waals surface area contributed by atoms with E-state index in [0.29, 0.717) is 24.7 Å². The zero-order valence-corrected chi connectivity index (χ0v) is 8.41. The number of hydrogen-bond donors (Lipinski definition) is 1. The van der Waals surface area contributed by atoms with Crippen LogP contribution in [0.2, 0.25) is 0 Å². The summed E-state index contributed by atoms with van der Waals surface area (Å²) in [7, 11) is 0. The summed E-state index contributed by atoms with van der Waals surface area (Å²) in [4.78, 5) is 0. The average Bonchev–Trinajstić information content (AvgIpc) is 2.26. The number of fused-ring (bicyclic) bond motifs is 1. The zero-order chi connectivity index (χ0) is 10.2. The molecule has 1 aliphatic heterocycles. The van der Waals surface area contributed by atoms with Gasteiger partial charge in [-0.25, -0.2) is 0 Å². The third-order valence-electron chi connectivity index (χ3n) is 2.16. The summed E-state index contributed by atoms with van der Waals surface area (Å²) in [5.74, 6) is 1.52. The highest BCUT2D eigenvalue weighted by molar-refractivity contribution is 5.45. The molecule has 0 aliphatic carbocycles. The van der Waals surface area contributed by atoms with Crippen LogP contribution in [0.4, 0.5) is 0 Å². The van der Waals surface area contributed by atoms with Gasteiger partial charge in [-0.2, -0.15) is 0 Å². The molecule has 3 nitrogen and oxygen atoms in total. The van der Waals surface area contributed by atoms with Gasteiger partial charge in [-0.3, -0.25) is 0 Å². The van der Waals surface area contributed by atoms with Crippen molar-refractivity contribution >= 4 is 0 Å². The number of rotatable bonds is 0. The average molecular weight is 194 g/mol. The Hall–Kier alpha value is -1.38. The molecule has 1 aromatic rings. The van der Waals surface area contributed by atoms with Gasteiger partial charge in [-0.05, 0) is 12.1 Å². The lowest BCUT2D eigenvalue weighted by Gasteiger charge is -2.19. The van der Waals surface area contributed by atoms with Gasteiger partial charge < -0.3 is 14.6 Å². The van der Waals surface area contributed by atoms with Crippen molar-refractivity contribution < 1.29 is 14.6 Å². The molecule has 0 spiro atoms. The first kappa shape index (κ1) is 9.19. The van der Waals surface area contributed by atoms with E-state index in [-0.39, 0.29) is 11.2 Å². The molecule has 3 heteroatoms. The van der Waals surface area contributed by atoms with E-state index in [1.807, 2.05) is 0 Å². The van der Waals surface area contributed by atoms with E-state index in [4.69, 9.17) is 9.47 Å². The predicted molar refractivity (Wildman–Crippen MR) is 52.9 cm³/mol. The monoisotopic (exact) mass is 194 g/mol. The highest BCUT2D eigenvalue weighted by Gasteiger charge is 2.25. The molecule has 0 atom stereocenters. The van der Waals surface area contributed by atoms with Crippen LogP contribution in [0.25, 0.3) is 0 Å². The minimum atomic E-state index is 0.00857. The van der Waals surface area contributed by atoms with Gasteiger partial charge >= 0.3 is 0 Å². The molecular weight excluding hydrogens is 180 g/mol. The maximum Gasteiger partial charge on any atom is 0.164 e. The number of benzene rings is 1. The maximum atomic E-state index is 9.27. The molecule has 14 heavy (non-hydrogen) atoms. The molecule has 0 radical (unpaired) electrons. The molecule has 1 aliphatic rings. The number of phenols is 1. The van der Waals surface area contributed by atoms with Gasteiger partial charge in [0.1, 0.15) is 5.75 Å². The fourth-order valence-corrected chi connectivity index (χ4v) is 1.32. The summed E-state index contributed by atoms with van der Waals surface area (Å²) >= 11 is 0. The Morgan fingerprint density at radius 2 is 1.79 bits per heavy atom. The molecule has 2 rings (SSSR count). The van der Waals surface area contributed by atoms with E-state index in [0.717, 1.165) is 0 Å². The topological polar surface area (TPSA) is 38.7 Å². The van der Waals surface area contributed by atoms with Gasteiger partial charge in [0.25, 0.3) is 0 Å². The van der Waals surface area contributed by atoms with Crippen LogP contribution in [0.5, 0.6) is 17.2 Å². The number of ether oxygens (including phenoxy) is 2. The Kier molecular flexibility index (Phi) is 2.02. The summed E-state index contributed by atoms with van der Waals surface area (Å²) in [5, 5.41) is 9.27. The van der Waals surface area contributed by atoms with Crippen LogP contribution in [-0.2, 0) is 0 Å². The van der Waals surface area contributed by atoms with Crippen molar-refractivity contribution in [2.75, 3.05) is 13.2 Å². The van der Waals surface area contributed by atoms with Gasteiger partial charge in [-0.15, -0.1) is 0 Å². The zero-order valence-electron chi connectivity index (χ0n) is 8.41. The lowest BCUT2D eigenvalue weighted by atomic mass is 9.97. The van der Waals surface area contributed by atoms with Crippen LogP contribution in [0, 0.1) is 5.41 Å². The van der Waals surface area contributed by atoms with E-state index in [9.17, 15) is 5.11 Å². The highest BCUT2D eigenvalue weighted by atomic mass is 16.5. The standard InChI is InChI=1S/C11H14O3/c1-11(2)6-13-9-4-3-8(12)5-10(9)14-7-11/h3-5,12H,6-7H2,1-2H3. The third kappa shape index (κ3) is 1.76. The molecular formula is C11H14O3. The Balaban J connectivity index is 2.30. The number of hydrogen-bond acceptors (Lipinski definition) is 3. The molecule has 0 saturated heterocycles. The van der Waals surface area contributed by atoms with Crippen molar-refractivity contribution in [2.45, 2.75) is 13.8 Å². The normalized spacial score (nSPS) is 18.7. The van der Waals surface area contributed by atoms with Crippen molar-refractivity contribution in [3.8, 4) is 17.2 Å². The number of phenolic OH excluding ortho intramolecular Hbond substituents is 1. The van der Waals surface area contributed by atoms with Crippen LogP contribution in [-0.4, -0.2) is 18.3 Å². The molecule has 0 aromatic heterocycles. The molecule has 1 heterocycles. The van der Waals surface area contributed by atoms with E-state index in [1.165, 1.54) is 0 Å². The quantitative estimate of drug-likeness (QED) is 0.688. The van der Waals surface area contributed by atoms with Crippen LogP contribution < -0.4 is 9.47 Å². The maximum absolute atomic E-state index is 9.27. The second-order valence-corrected chi connectivity index (χ2v) is 4.37. The molecule has 0 fully saturated rings. The second-order valence-electron chi connectivity index (χ2n) is 4.37. The van der Waals surface area contributed by atoms with Gasteiger partial charge in [0, 0.05) is 11.5 Å². The Morgan fingerprint density at radius 3 is 2.50 bits per heavy atom. The number of aromatic hydroxyl groups is 1. The Morgan fingerprint density at radius 1 is 1.14 bits per heavy atom. The lowest BCUT2D eigenvalue weighted by molar-refractivity contribution is 0.140. The fraction of sp³-hybridized carbons (Fsp3) is 0.455. The van der Waals surface area contributed by atoms with Crippen molar-refractivity contribution in [1.29, 1.82) is 0 Å². The largest absolute Gasteiger partial charge is 0.508 e. The molecule has 0 unspecified atom stereocenters. The van der Waals surface area contributed by atoms with Crippen LogP contribution >= 0.6 is 0 Å². The molecule has 0 saturated carbocycles. The van der Waals surface area contributed by atoms with E-state index >= 15 is 0 Å². The van der Waals surface area contributed by atoms with Crippen LogP contribution in [0.1, 0.15) is 13.8 Å². The van der Waals surface area contributed by atoms with Crippen molar-refractivity contribution in [3.63, 3.8) is 0 Å². The molecule has 1 N–H and O–H groups in total. The van der Waals surface area contributed by atoms with Gasteiger partial charge in [0.15, 0.2) is 11.5 Å². The summed E-state index contributed by atoms with van der Waals surface area (Å²) in [6.45, 7) is 5.39. The summed E-state index contributed by atoms with van der Waals surface area (Å²) in [6.07, 6.45) is 0. The second kappa shape index (κ2) is 3.08. The van der Waals surface area contributed by atoms with Crippen molar-refractivity contribution in [3.05, 3.63) is 18.2 Å². The van der Waals surface area contributed by atoms with Gasteiger partial charge in [-0.1, -0.05) is 13.8 Å². The van der Waals surface area contributed by atoms with Crippen LogP contribution in [0.3, 0.4) is 0 Å². The first-order valence-corrected chi connectivity index (χ1v) is 4.65. The minimum Gasteiger partial charge on any atom is -0.508 e. The first-order valence-electron chi connectivity index (χ1n) is 4.65.